The summed E-state index contributed by atoms with van der Waals surface area (Å²) >= 11 is 0. The van der Waals surface area contributed by atoms with Crippen LogP contribution in [-0.4, -0.2) is 26.3 Å². The fraction of sp³-hybridized carbons (Fsp3) is 0.741. The van der Waals surface area contributed by atoms with Crippen molar-refractivity contribution in [3.63, 3.8) is 0 Å². The third kappa shape index (κ3) is 6.46. The van der Waals surface area contributed by atoms with Crippen molar-refractivity contribution in [2.45, 2.75) is 84.5 Å². The molecule has 2 aliphatic carbocycles. The van der Waals surface area contributed by atoms with Gasteiger partial charge in [-0.05, 0) is 81.3 Å². The summed E-state index contributed by atoms with van der Waals surface area (Å²) in [5.41, 5.74) is 0.291. The normalized spacial score (nSPS) is 26.0. The van der Waals surface area contributed by atoms with Crippen molar-refractivity contribution < 1.29 is 23.4 Å². The quantitative estimate of drug-likeness (QED) is 0.265. The maximum atomic E-state index is 14.9. The molecule has 0 atom stereocenters. The summed E-state index contributed by atoms with van der Waals surface area (Å²) in [5, 5.41) is 0. The molecule has 32 heavy (non-hydrogen) atoms. The second kappa shape index (κ2) is 12.6. The first-order chi connectivity index (χ1) is 15.6. The Morgan fingerprint density at radius 1 is 0.938 bits per heavy atom. The Labute approximate surface area is 193 Å². The smallest absolute Gasteiger partial charge is 0.207 e. The van der Waals surface area contributed by atoms with Gasteiger partial charge in [0.1, 0.15) is 0 Å². The van der Waals surface area contributed by atoms with E-state index in [-0.39, 0.29) is 24.1 Å². The van der Waals surface area contributed by atoms with E-state index in [0.717, 1.165) is 30.6 Å². The molecule has 1 aromatic carbocycles. The van der Waals surface area contributed by atoms with Gasteiger partial charge in [-0.25, -0.2) is 0 Å². The SMILES string of the molecule is CCCC1CCC(C2CCC(CC(=O)c3ccc(OCC)c(F)c3OCOC)CC2)CC1. The number of ketones is 1. The Morgan fingerprint density at radius 3 is 2.12 bits per heavy atom. The van der Waals surface area contributed by atoms with Gasteiger partial charge in [-0.2, -0.15) is 4.39 Å². The molecule has 3 rings (SSSR count). The molecule has 0 spiro atoms. The summed E-state index contributed by atoms with van der Waals surface area (Å²) < 4.78 is 30.6. The molecule has 0 unspecified atom stereocenters. The van der Waals surface area contributed by atoms with Crippen molar-refractivity contribution in [3.05, 3.63) is 23.5 Å². The predicted octanol–water partition coefficient (Wildman–Crippen LogP) is 7.19. The van der Waals surface area contributed by atoms with Crippen molar-refractivity contribution in [1.29, 1.82) is 0 Å². The first-order valence-corrected chi connectivity index (χ1v) is 12.7. The molecule has 0 amide bonds. The molecule has 2 fully saturated rings. The minimum Gasteiger partial charge on any atom is -0.491 e. The summed E-state index contributed by atoms with van der Waals surface area (Å²) in [7, 11) is 1.47. The number of halogens is 1. The van der Waals surface area contributed by atoms with Gasteiger partial charge in [-0.3, -0.25) is 4.79 Å². The number of carbonyl (C=O) groups excluding carboxylic acids is 1. The van der Waals surface area contributed by atoms with Crippen LogP contribution >= 0.6 is 0 Å². The van der Waals surface area contributed by atoms with Crippen molar-refractivity contribution in [1.82, 2.24) is 0 Å². The number of methoxy groups -OCH3 is 1. The summed E-state index contributed by atoms with van der Waals surface area (Å²) in [6, 6.07) is 3.15. The molecule has 1 aromatic rings. The highest BCUT2D eigenvalue weighted by atomic mass is 19.1. The first-order valence-electron chi connectivity index (χ1n) is 12.7. The van der Waals surface area contributed by atoms with Gasteiger partial charge in [0.25, 0.3) is 0 Å². The average Bonchev–Trinajstić information content (AvgIpc) is 2.81. The molecule has 0 N–H and O–H groups in total. The number of ether oxygens (including phenoxy) is 3. The number of hydrogen-bond donors (Lipinski definition) is 0. The van der Waals surface area contributed by atoms with E-state index in [4.69, 9.17) is 14.2 Å². The van der Waals surface area contributed by atoms with Crippen molar-refractivity contribution in [2.24, 2.45) is 23.7 Å². The molecule has 2 aliphatic rings. The van der Waals surface area contributed by atoms with Crippen molar-refractivity contribution in [3.8, 4) is 11.5 Å². The zero-order valence-electron chi connectivity index (χ0n) is 20.2. The van der Waals surface area contributed by atoms with Crippen LogP contribution in [0.5, 0.6) is 11.5 Å². The molecule has 4 nitrogen and oxygen atoms in total. The maximum Gasteiger partial charge on any atom is 0.207 e. The lowest BCUT2D eigenvalue weighted by atomic mass is 9.68. The molecule has 0 saturated heterocycles. The van der Waals surface area contributed by atoms with Gasteiger partial charge in [0.15, 0.2) is 24.1 Å². The zero-order valence-corrected chi connectivity index (χ0v) is 20.2. The van der Waals surface area contributed by atoms with E-state index in [0.29, 0.717) is 24.5 Å². The Hall–Kier alpha value is -1.62. The number of Topliss-reactive ketones (excluding diaryl/α,β-unsaturated/α-hetero) is 1. The van der Waals surface area contributed by atoms with Crippen LogP contribution in [0, 0.1) is 29.5 Å². The molecular formula is C27H41FO4. The topological polar surface area (TPSA) is 44.8 Å². The third-order valence-electron chi connectivity index (χ3n) is 7.60. The summed E-state index contributed by atoms with van der Waals surface area (Å²) in [5.74, 6) is 2.40. The zero-order chi connectivity index (χ0) is 22.9. The molecular weight excluding hydrogens is 407 g/mol. The number of rotatable bonds is 11. The van der Waals surface area contributed by atoms with E-state index in [1.54, 1.807) is 13.0 Å². The molecule has 180 valence electrons. The largest absolute Gasteiger partial charge is 0.491 e. The Balaban J connectivity index is 1.55. The average molecular weight is 449 g/mol. The lowest BCUT2D eigenvalue weighted by Gasteiger charge is -2.37. The fourth-order valence-electron chi connectivity index (χ4n) is 5.88. The fourth-order valence-corrected chi connectivity index (χ4v) is 5.88. The Kier molecular flexibility index (Phi) is 9.83. The Bertz CT molecular complexity index is 719. The van der Waals surface area contributed by atoms with E-state index < -0.39 is 5.82 Å². The van der Waals surface area contributed by atoms with E-state index in [1.165, 1.54) is 64.5 Å². The van der Waals surface area contributed by atoms with Crippen molar-refractivity contribution >= 4 is 5.78 Å². The standard InChI is InChI=1S/C27H41FO4/c1-4-6-19-7-11-21(12-8-19)22-13-9-20(10-14-22)17-24(29)23-15-16-25(31-5-2)26(28)27(23)32-18-30-3/h15-16,19-22H,4-14,17-18H2,1-3H3. The van der Waals surface area contributed by atoms with Crippen LogP contribution in [0.25, 0.3) is 0 Å². The van der Waals surface area contributed by atoms with Crippen LogP contribution in [-0.2, 0) is 4.74 Å². The molecule has 0 aliphatic heterocycles. The van der Waals surface area contributed by atoms with Gasteiger partial charge >= 0.3 is 0 Å². The second-order valence-electron chi connectivity index (χ2n) is 9.72. The van der Waals surface area contributed by atoms with Gasteiger partial charge in [0.05, 0.1) is 12.2 Å². The second-order valence-corrected chi connectivity index (χ2v) is 9.72. The summed E-state index contributed by atoms with van der Waals surface area (Å²) in [4.78, 5) is 13.1. The first kappa shape index (κ1) is 25.0. The molecule has 0 radical (unpaired) electrons. The van der Waals surface area contributed by atoms with Gasteiger partial charge < -0.3 is 14.2 Å². The van der Waals surface area contributed by atoms with E-state index in [1.807, 2.05) is 0 Å². The van der Waals surface area contributed by atoms with Gasteiger partial charge in [-0.1, -0.05) is 32.6 Å². The van der Waals surface area contributed by atoms with Gasteiger partial charge in [0.2, 0.25) is 5.82 Å². The van der Waals surface area contributed by atoms with Crippen LogP contribution in [0.4, 0.5) is 4.39 Å². The highest BCUT2D eigenvalue weighted by Gasteiger charge is 2.32. The van der Waals surface area contributed by atoms with Crippen LogP contribution in [0.2, 0.25) is 0 Å². The molecule has 0 bridgehead atoms. The summed E-state index contributed by atoms with van der Waals surface area (Å²) in [6.07, 6.45) is 13.4. The van der Waals surface area contributed by atoms with E-state index in [9.17, 15) is 9.18 Å². The van der Waals surface area contributed by atoms with Crippen LogP contribution in [0.3, 0.4) is 0 Å². The molecule has 5 heteroatoms. The predicted molar refractivity (Wildman–Crippen MR) is 125 cm³/mol. The van der Waals surface area contributed by atoms with Crippen LogP contribution in [0.1, 0.15) is 94.8 Å². The lowest BCUT2D eigenvalue weighted by Crippen LogP contribution is -2.26. The van der Waals surface area contributed by atoms with Gasteiger partial charge in [0, 0.05) is 13.5 Å². The maximum absolute atomic E-state index is 14.9. The van der Waals surface area contributed by atoms with Crippen LogP contribution in [0.15, 0.2) is 12.1 Å². The van der Waals surface area contributed by atoms with Crippen molar-refractivity contribution in [2.75, 3.05) is 20.5 Å². The number of benzene rings is 1. The lowest BCUT2D eigenvalue weighted by molar-refractivity contribution is 0.0467. The van der Waals surface area contributed by atoms with Crippen LogP contribution < -0.4 is 9.47 Å². The van der Waals surface area contributed by atoms with E-state index in [2.05, 4.69) is 6.92 Å². The Morgan fingerprint density at radius 2 is 1.56 bits per heavy atom. The minimum atomic E-state index is -0.628. The monoisotopic (exact) mass is 448 g/mol. The molecule has 0 aromatic heterocycles. The van der Waals surface area contributed by atoms with E-state index >= 15 is 0 Å². The number of carbonyl (C=O) groups is 1. The minimum absolute atomic E-state index is 0.0541. The molecule has 0 heterocycles. The number of hydrogen-bond acceptors (Lipinski definition) is 4. The van der Waals surface area contributed by atoms with Gasteiger partial charge in [-0.15, -0.1) is 0 Å². The molecule has 2 saturated carbocycles. The third-order valence-corrected chi connectivity index (χ3v) is 7.60. The highest BCUT2D eigenvalue weighted by Crippen LogP contribution is 2.43. The summed E-state index contributed by atoms with van der Waals surface area (Å²) in [6.45, 7) is 4.32. The highest BCUT2D eigenvalue weighted by molar-refractivity contribution is 5.99.